The van der Waals surface area contributed by atoms with Crippen LogP contribution in [-0.4, -0.2) is 28.1 Å². The molecular weight excluding hydrogens is 351 g/mol. The summed E-state index contributed by atoms with van der Waals surface area (Å²) >= 11 is 1.13. The Morgan fingerprint density at radius 2 is 2.12 bits per heavy atom. The molecule has 2 rings (SSSR count). The molecule has 1 heterocycles. The number of hydrogen-bond acceptors (Lipinski definition) is 4. The van der Waals surface area contributed by atoms with Gasteiger partial charge in [0.05, 0.1) is 11.1 Å². The number of nitrogens with zero attached hydrogens (tertiary/aromatic N) is 1. The Morgan fingerprint density at radius 3 is 2.69 bits per heavy atom. The third-order valence-electron chi connectivity index (χ3n) is 3.73. The second kappa shape index (κ2) is 7.68. The second-order valence-electron chi connectivity index (χ2n) is 6.20. The van der Waals surface area contributed by atoms with Gasteiger partial charge in [-0.1, -0.05) is 11.8 Å². The maximum atomic E-state index is 14.7. The van der Waals surface area contributed by atoms with Crippen LogP contribution >= 0.6 is 11.8 Å². The largest absolute Gasteiger partial charge is 0.467 e. The summed E-state index contributed by atoms with van der Waals surface area (Å²) in [6, 6.07) is 3.21. The van der Waals surface area contributed by atoms with E-state index >= 15 is 0 Å². The summed E-state index contributed by atoms with van der Waals surface area (Å²) in [5.74, 6) is 3.92. The van der Waals surface area contributed by atoms with Crippen LogP contribution < -0.4 is 10.1 Å². The molecule has 2 aromatic rings. The highest BCUT2D eigenvalue weighted by atomic mass is 32.2. The van der Waals surface area contributed by atoms with E-state index < -0.39 is 22.7 Å². The van der Waals surface area contributed by atoms with Crippen molar-refractivity contribution in [3.8, 4) is 30.4 Å². The molecule has 1 amide bonds. The molecule has 0 saturated carbocycles. The number of ether oxygens (including phenoxy) is 1. The van der Waals surface area contributed by atoms with Crippen molar-refractivity contribution in [2.75, 3.05) is 6.26 Å². The van der Waals surface area contributed by atoms with Crippen LogP contribution in [0.3, 0.4) is 0 Å². The fourth-order valence-electron chi connectivity index (χ4n) is 2.29. The lowest BCUT2D eigenvalue weighted by Crippen LogP contribution is -2.47. The maximum Gasteiger partial charge on any atom is 0.272 e. The van der Waals surface area contributed by atoms with Crippen LogP contribution in [0.1, 0.15) is 25.0 Å². The highest BCUT2D eigenvalue weighted by Crippen LogP contribution is 2.30. The molecular formula is C20H19FN2O2S. The molecule has 134 valence electrons. The molecule has 0 fully saturated rings. The van der Waals surface area contributed by atoms with Gasteiger partial charge in [0.15, 0.2) is 11.6 Å². The minimum atomic E-state index is -0.960. The van der Waals surface area contributed by atoms with Crippen LogP contribution in [0, 0.1) is 37.4 Å². The number of aromatic nitrogens is 1. The van der Waals surface area contributed by atoms with E-state index in [0.29, 0.717) is 22.0 Å². The topological polar surface area (TPSA) is 51.2 Å². The number of aryl methyl sites for hydroxylation is 1. The van der Waals surface area contributed by atoms with Crippen LogP contribution in [0.2, 0.25) is 0 Å². The number of carbonyl (C=O) groups excluding carboxylic acids is 1. The number of nitrogens with one attached hydrogen (secondary N) is 1. The van der Waals surface area contributed by atoms with Gasteiger partial charge >= 0.3 is 0 Å². The van der Waals surface area contributed by atoms with Gasteiger partial charge in [0.25, 0.3) is 5.91 Å². The minimum absolute atomic E-state index is 0.0426. The predicted octanol–water partition coefficient (Wildman–Crippen LogP) is 3.26. The third-order valence-corrected chi connectivity index (χ3v) is 4.47. The first-order chi connectivity index (χ1) is 12.2. The zero-order valence-corrected chi connectivity index (χ0v) is 15.8. The van der Waals surface area contributed by atoms with Crippen molar-refractivity contribution < 1.29 is 13.9 Å². The molecule has 0 aliphatic rings. The zero-order valence-electron chi connectivity index (χ0n) is 15.0. The molecule has 6 heteroatoms. The number of terminal acetylenes is 2. The highest BCUT2D eigenvalue weighted by Gasteiger charge is 2.26. The summed E-state index contributed by atoms with van der Waals surface area (Å²) < 4.78 is 20.3. The van der Waals surface area contributed by atoms with Gasteiger partial charge in [-0.05, 0) is 39.2 Å². The summed E-state index contributed by atoms with van der Waals surface area (Å²) in [5.41, 5.74) is -0.405. The summed E-state index contributed by atoms with van der Waals surface area (Å²) in [5, 5.41) is 3.32. The van der Waals surface area contributed by atoms with Crippen molar-refractivity contribution in [3.63, 3.8) is 0 Å². The molecule has 0 aliphatic carbocycles. The Balaban J connectivity index is 2.39. The van der Waals surface area contributed by atoms with E-state index in [1.807, 2.05) is 0 Å². The van der Waals surface area contributed by atoms with Gasteiger partial charge in [-0.25, -0.2) is 4.39 Å². The molecule has 1 unspecified atom stereocenters. The fourth-order valence-corrected chi connectivity index (χ4v) is 2.76. The molecule has 0 radical (unpaired) electrons. The van der Waals surface area contributed by atoms with Crippen molar-refractivity contribution in [2.45, 2.75) is 31.7 Å². The van der Waals surface area contributed by atoms with Crippen LogP contribution in [0.25, 0.3) is 10.9 Å². The molecule has 1 N–H and O–H groups in total. The van der Waals surface area contributed by atoms with Crippen molar-refractivity contribution in [2.24, 2.45) is 0 Å². The van der Waals surface area contributed by atoms with E-state index in [0.717, 1.165) is 11.8 Å². The van der Waals surface area contributed by atoms with Crippen LogP contribution in [-0.2, 0) is 4.79 Å². The van der Waals surface area contributed by atoms with Crippen molar-refractivity contribution in [1.82, 2.24) is 10.3 Å². The number of hydrogen-bond donors (Lipinski definition) is 1. The number of carbonyl (C=O) groups is 1. The summed E-state index contributed by atoms with van der Waals surface area (Å²) in [6.07, 6.45) is 14.0. The molecule has 4 nitrogen and oxygen atoms in total. The third kappa shape index (κ3) is 4.09. The van der Waals surface area contributed by atoms with E-state index in [4.69, 9.17) is 17.6 Å². The van der Waals surface area contributed by atoms with E-state index in [-0.39, 0.29) is 5.75 Å². The zero-order chi connectivity index (χ0) is 19.5. The highest BCUT2D eigenvalue weighted by molar-refractivity contribution is 7.99. The minimum Gasteiger partial charge on any atom is -0.467 e. The van der Waals surface area contributed by atoms with Gasteiger partial charge in [-0.2, -0.15) is 0 Å². The smallest absolute Gasteiger partial charge is 0.272 e. The van der Waals surface area contributed by atoms with Gasteiger partial charge in [0.2, 0.25) is 5.44 Å². The Labute approximate surface area is 156 Å². The van der Waals surface area contributed by atoms with Gasteiger partial charge in [0.1, 0.15) is 0 Å². The normalized spacial score (nSPS) is 12.1. The first-order valence-electron chi connectivity index (χ1n) is 7.77. The lowest BCUT2D eigenvalue weighted by molar-refractivity contribution is -0.125. The summed E-state index contributed by atoms with van der Waals surface area (Å²) in [6.45, 7) is 4.98. The lowest BCUT2D eigenvalue weighted by atomic mass is 10.1. The lowest BCUT2D eigenvalue weighted by Gasteiger charge is -2.24. The number of amides is 1. The number of benzene rings is 1. The quantitative estimate of drug-likeness (QED) is 0.648. The average Bonchev–Trinajstić information content (AvgIpc) is 2.62. The molecule has 0 bridgehead atoms. The molecule has 0 spiro atoms. The first kappa shape index (κ1) is 19.6. The maximum absolute atomic E-state index is 14.7. The van der Waals surface area contributed by atoms with E-state index in [9.17, 15) is 9.18 Å². The van der Waals surface area contributed by atoms with Gasteiger partial charge in [-0.3, -0.25) is 9.78 Å². The summed E-state index contributed by atoms with van der Waals surface area (Å²) in [7, 11) is 0. The van der Waals surface area contributed by atoms with Gasteiger partial charge < -0.3 is 10.1 Å². The number of rotatable bonds is 5. The standard InChI is InChI=1S/C20H19FN2O2S/c1-7-13-9-14-10-15(16(21)12(3)17(14)22-11-13)25-19(26-6)18(24)23-20(4,5)8-2/h1-2,9-11,19H,3-6H3,(H,23,24). The molecule has 1 aromatic carbocycles. The van der Waals surface area contributed by atoms with Gasteiger partial charge in [0, 0.05) is 22.7 Å². The number of halogens is 1. The van der Waals surface area contributed by atoms with Crippen molar-refractivity contribution in [1.29, 1.82) is 0 Å². The second-order valence-corrected chi connectivity index (χ2v) is 7.10. The molecule has 0 saturated heterocycles. The van der Waals surface area contributed by atoms with Crippen LogP contribution in [0.15, 0.2) is 18.3 Å². The van der Waals surface area contributed by atoms with Crippen molar-refractivity contribution in [3.05, 3.63) is 35.3 Å². The summed E-state index contributed by atoms with van der Waals surface area (Å²) in [4.78, 5) is 16.6. The van der Waals surface area contributed by atoms with Gasteiger partial charge in [-0.15, -0.1) is 24.6 Å². The Morgan fingerprint density at radius 1 is 1.42 bits per heavy atom. The van der Waals surface area contributed by atoms with E-state index in [1.54, 1.807) is 33.1 Å². The Kier molecular flexibility index (Phi) is 5.79. The van der Waals surface area contributed by atoms with E-state index in [2.05, 4.69) is 22.1 Å². The molecule has 1 atom stereocenters. The SMILES string of the molecule is C#Cc1cnc2c(C)c(F)c(OC(SC)C(=O)NC(C)(C)C#C)cc2c1. The monoisotopic (exact) mass is 370 g/mol. The average molecular weight is 370 g/mol. The first-order valence-corrected chi connectivity index (χ1v) is 9.06. The fraction of sp³-hybridized carbons (Fsp3) is 0.300. The van der Waals surface area contributed by atoms with Crippen molar-refractivity contribution >= 4 is 28.6 Å². The Bertz CT molecular complexity index is 941. The van der Waals surface area contributed by atoms with Crippen LogP contribution in [0.4, 0.5) is 4.39 Å². The molecule has 1 aromatic heterocycles. The van der Waals surface area contributed by atoms with Crippen LogP contribution in [0.5, 0.6) is 5.75 Å². The predicted molar refractivity (Wildman–Crippen MR) is 103 cm³/mol. The molecule has 0 aliphatic heterocycles. The van der Waals surface area contributed by atoms with E-state index in [1.165, 1.54) is 12.3 Å². The Hall–Kier alpha value is -2.70. The number of thioether (sulfide) groups is 1. The number of fused-ring (bicyclic) bond motifs is 1. The number of pyridine rings is 1. The molecule has 26 heavy (non-hydrogen) atoms.